The molecule has 5 rings (SSSR count). The summed E-state index contributed by atoms with van der Waals surface area (Å²) in [5.41, 5.74) is 3.63. The molecular weight excluding hydrogens is 436 g/mol. The largest absolute Gasteiger partial charge is 0.338 e. The van der Waals surface area contributed by atoms with Crippen LogP contribution in [0.5, 0.6) is 0 Å². The second-order valence-electron chi connectivity index (χ2n) is 7.98. The third kappa shape index (κ3) is 4.03. The zero-order valence-electron chi connectivity index (χ0n) is 18.3. The highest BCUT2D eigenvalue weighted by Gasteiger charge is 2.16. The summed E-state index contributed by atoms with van der Waals surface area (Å²) in [5, 5.41) is 10.9. The summed E-state index contributed by atoms with van der Waals surface area (Å²) in [6.45, 7) is 2.62. The van der Waals surface area contributed by atoms with E-state index in [1.54, 1.807) is 11.9 Å². The molecule has 0 aliphatic carbocycles. The second kappa shape index (κ2) is 8.59. The predicted octanol–water partition coefficient (Wildman–Crippen LogP) is 3.52. The number of aromatic nitrogens is 5. The Hall–Kier alpha value is -3.85. The average molecular weight is 459 g/mol. The van der Waals surface area contributed by atoms with Gasteiger partial charge in [-0.05, 0) is 24.6 Å². The number of carbonyl (C=O) groups is 1. The van der Waals surface area contributed by atoms with Gasteiger partial charge in [-0.15, -0.1) is 21.5 Å². The van der Waals surface area contributed by atoms with Gasteiger partial charge in [-0.3, -0.25) is 18.6 Å². The van der Waals surface area contributed by atoms with Gasteiger partial charge in [0.1, 0.15) is 4.83 Å². The maximum atomic E-state index is 13.2. The van der Waals surface area contributed by atoms with E-state index in [4.69, 9.17) is 0 Å². The van der Waals surface area contributed by atoms with Crippen LogP contribution in [-0.2, 0) is 17.9 Å². The fourth-order valence-electron chi connectivity index (χ4n) is 3.78. The second-order valence-corrected chi connectivity index (χ2v) is 8.84. The fourth-order valence-corrected chi connectivity index (χ4v) is 4.68. The van der Waals surface area contributed by atoms with Gasteiger partial charge in [0.05, 0.1) is 18.3 Å². The molecule has 0 radical (unpaired) electrons. The number of thiophene rings is 1. The lowest BCUT2D eigenvalue weighted by Gasteiger charge is -2.16. The molecule has 33 heavy (non-hydrogen) atoms. The van der Waals surface area contributed by atoms with Gasteiger partial charge in [0.25, 0.3) is 5.56 Å². The first-order valence-electron chi connectivity index (χ1n) is 10.6. The van der Waals surface area contributed by atoms with Gasteiger partial charge < -0.3 is 4.90 Å². The Balaban J connectivity index is 1.33. The third-order valence-electron chi connectivity index (χ3n) is 5.68. The predicted molar refractivity (Wildman–Crippen MR) is 128 cm³/mol. The van der Waals surface area contributed by atoms with Gasteiger partial charge in [-0.2, -0.15) is 0 Å². The minimum absolute atomic E-state index is 0.0845. The highest BCUT2D eigenvalue weighted by atomic mass is 32.1. The van der Waals surface area contributed by atoms with Crippen LogP contribution in [0.3, 0.4) is 0 Å². The molecule has 4 aromatic heterocycles. The highest BCUT2D eigenvalue weighted by molar-refractivity contribution is 7.17. The number of benzene rings is 1. The van der Waals surface area contributed by atoms with E-state index in [0.29, 0.717) is 22.6 Å². The number of hydrogen-bond acceptors (Lipinski definition) is 6. The number of aryl methyl sites for hydroxylation is 2. The monoisotopic (exact) mass is 458 g/mol. The number of hydrogen-bond donors (Lipinski definition) is 0. The van der Waals surface area contributed by atoms with E-state index in [1.165, 1.54) is 22.2 Å². The molecule has 1 amide bonds. The zero-order valence-corrected chi connectivity index (χ0v) is 19.1. The summed E-state index contributed by atoms with van der Waals surface area (Å²) in [5.74, 6) is 0.599. The highest BCUT2D eigenvalue weighted by Crippen LogP contribution is 2.30. The van der Waals surface area contributed by atoms with Crippen molar-refractivity contribution in [3.05, 3.63) is 82.1 Å². The van der Waals surface area contributed by atoms with E-state index in [-0.39, 0.29) is 24.4 Å². The van der Waals surface area contributed by atoms with E-state index in [2.05, 4.69) is 15.2 Å². The SMILES string of the molecule is Cc1ccc(-c2csc3ncn(CCC(=O)N(C)Cc4nnc5ccccn45)c(=O)c23)cc1. The summed E-state index contributed by atoms with van der Waals surface area (Å²) in [7, 11) is 1.73. The summed E-state index contributed by atoms with van der Waals surface area (Å²) >= 11 is 1.45. The normalized spacial score (nSPS) is 11.3. The summed E-state index contributed by atoms with van der Waals surface area (Å²) in [6.07, 6.45) is 3.58. The minimum Gasteiger partial charge on any atom is -0.338 e. The molecule has 0 bridgehead atoms. The molecule has 0 aliphatic rings. The van der Waals surface area contributed by atoms with Crippen LogP contribution in [-0.4, -0.2) is 42.0 Å². The van der Waals surface area contributed by atoms with Crippen molar-refractivity contribution < 1.29 is 4.79 Å². The van der Waals surface area contributed by atoms with Gasteiger partial charge in [-0.25, -0.2) is 4.98 Å². The first-order valence-corrected chi connectivity index (χ1v) is 11.5. The van der Waals surface area contributed by atoms with E-state index >= 15 is 0 Å². The molecule has 0 atom stereocenters. The first kappa shape index (κ1) is 21.0. The van der Waals surface area contributed by atoms with Crippen LogP contribution in [0.2, 0.25) is 0 Å². The maximum absolute atomic E-state index is 13.2. The van der Waals surface area contributed by atoms with Crippen LogP contribution < -0.4 is 5.56 Å². The zero-order chi connectivity index (χ0) is 22.9. The average Bonchev–Trinajstić information content (AvgIpc) is 3.44. The van der Waals surface area contributed by atoms with Gasteiger partial charge >= 0.3 is 0 Å². The van der Waals surface area contributed by atoms with Crippen molar-refractivity contribution in [2.45, 2.75) is 26.4 Å². The quantitative estimate of drug-likeness (QED) is 0.389. The standard InChI is InChI=1S/C24H22N6O2S/c1-16-6-8-17(9-7-16)18-14-33-23-22(18)24(32)29(15-25-23)12-10-21(31)28(2)13-20-27-26-19-5-3-4-11-30(19)20/h3-9,11,14-15H,10,12-13H2,1-2H3. The Morgan fingerprint density at radius 1 is 1.12 bits per heavy atom. The lowest BCUT2D eigenvalue weighted by molar-refractivity contribution is -0.130. The number of amides is 1. The van der Waals surface area contributed by atoms with Crippen molar-refractivity contribution in [2.75, 3.05) is 7.05 Å². The van der Waals surface area contributed by atoms with Crippen molar-refractivity contribution in [1.82, 2.24) is 29.0 Å². The Morgan fingerprint density at radius 3 is 2.76 bits per heavy atom. The molecule has 166 valence electrons. The van der Waals surface area contributed by atoms with Gasteiger partial charge in [0.15, 0.2) is 11.5 Å². The number of pyridine rings is 1. The van der Waals surface area contributed by atoms with Crippen molar-refractivity contribution in [3.8, 4) is 11.1 Å². The van der Waals surface area contributed by atoms with Crippen LogP contribution in [0.25, 0.3) is 27.0 Å². The number of fused-ring (bicyclic) bond motifs is 2. The summed E-state index contributed by atoms with van der Waals surface area (Å²) in [4.78, 5) is 32.7. The molecule has 5 aromatic rings. The van der Waals surface area contributed by atoms with Crippen molar-refractivity contribution in [2.24, 2.45) is 0 Å². The number of nitrogens with zero attached hydrogens (tertiary/aromatic N) is 6. The molecule has 0 N–H and O–H groups in total. The van der Waals surface area contributed by atoms with Crippen molar-refractivity contribution in [3.63, 3.8) is 0 Å². The van der Waals surface area contributed by atoms with E-state index in [0.717, 1.165) is 22.3 Å². The molecule has 0 fully saturated rings. The third-order valence-corrected chi connectivity index (χ3v) is 6.56. The molecule has 0 unspecified atom stereocenters. The minimum atomic E-state index is -0.129. The van der Waals surface area contributed by atoms with Gasteiger partial charge in [0.2, 0.25) is 5.91 Å². The van der Waals surface area contributed by atoms with E-state index in [1.807, 2.05) is 65.4 Å². The topological polar surface area (TPSA) is 85.4 Å². The molecule has 0 aliphatic heterocycles. The lowest BCUT2D eigenvalue weighted by atomic mass is 10.1. The maximum Gasteiger partial charge on any atom is 0.262 e. The van der Waals surface area contributed by atoms with Crippen LogP contribution in [0.4, 0.5) is 0 Å². The van der Waals surface area contributed by atoms with Crippen LogP contribution in [0.1, 0.15) is 17.8 Å². The molecular formula is C24H22N6O2S. The molecule has 8 nitrogen and oxygen atoms in total. The Morgan fingerprint density at radius 2 is 1.94 bits per heavy atom. The number of rotatable bonds is 6. The summed E-state index contributed by atoms with van der Waals surface area (Å²) in [6, 6.07) is 13.7. The molecule has 9 heteroatoms. The summed E-state index contributed by atoms with van der Waals surface area (Å²) < 4.78 is 3.38. The Kier molecular flexibility index (Phi) is 5.47. The molecule has 1 aromatic carbocycles. The molecule has 4 heterocycles. The Labute approximate surface area is 193 Å². The molecule has 0 spiro atoms. The number of carbonyl (C=O) groups excluding carboxylic acids is 1. The van der Waals surface area contributed by atoms with E-state index < -0.39 is 0 Å². The van der Waals surface area contributed by atoms with Crippen LogP contribution in [0, 0.1) is 6.92 Å². The van der Waals surface area contributed by atoms with Crippen molar-refractivity contribution >= 4 is 33.1 Å². The Bertz CT molecular complexity index is 1520. The van der Waals surface area contributed by atoms with Gasteiger partial charge in [0, 0.05) is 37.2 Å². The van der Waals surface area contributed by atoms with Crippen molar-refractivity contribution in [1.29, 1.82) is 0 Å². The fraction of sp³-hybridized carbons (Fsp3) is 0.208. The first-order chi connectivity index (χ1) is 16.0. The molecule has 0 saturated heterocycles. The van der Waals surface area contributed by atoms with E-state index in [9.17, 15) is 9.59 Å². The van der Waals surface area contributed by atoms with Crippen LogP contribution >= 0.6 is 11.3 Å². The smallest absolute Gasteiger partial charge is 0.262 e. The molecule has 0 saturated carbocycles. The van der Waals surface area contributed by atoms with Crippen LogP contribution in [0.15, 0.2) is 65.2 Å². The van der Waals surface area contributed by atoms with Gasteiger partial charge in [-0.1, -0.05) is 35.9 Å². The lowest BCUT2D eigenvalue weighted by Crippen LogP contribution is -2.29.